The summed E-state index contributed by atoms with van der Waals surface area (Å²) in [7, 11) is 0. The van der Waals surface area contributed by atoms with Gasteiger partial charge in [0.2, 0.25) is 0 Å². The molecule has 0 unspecified atom stereocenters. The molecule has 18 heavy (non-hydrogen) atoms. The van der Waals surface area contributed by atoms with Crippen molar-refractivity contribution in [3.63, 3.8) is 0 Å². The standard InChI is InChI=1S/C17H19N/c1-3-4-14-6-9-15(10-7-14)16-8-5-13(2)17(11-16)12-18/h5-12,18H,3-4H2,1-2H3. The van der Waals surface area contributed by atoms with Crippen molar-refractivity contribution in [1.29, 1.82) is 5.41 Å². The second-order valence-electron chi connectivity index (χ2n) is 4.66. The number of aryl methyl sites for hydroxylation is 2. The summed E-state index contributed by atoms with van der Waals surface area (Å²) in [5, 5.41) is 7.41. The topological polar surface area (TPSA) is 23.9 Å². The Bertz CT molecular complexity index is 538. The minimum absolute atomic E-state index is 0.991. The first-order valence-electron chi connectivity index (χ1n) is 6.45. The van der Waals surface area contributed by atoms with Crippen LogP contribution in [0.4, 0.5) is 0 Å². The average Bonchev–Trinajstić information content (AvgIpc) is 2.41. The Morgan fingerprint density at radius 2 is 1.67 bits per heavy atom. The Kier molecular flexibility index (Phi) is 3.93. The summed E-state index contributed by atoms with van der Waals surface area (Å²) >= 11 is 0. The van der Waals surface area contributed by atoms with Crippen LogP contribution in [-0.2, 0) is 6.42 Å². The number of nitrogens with one attached hydrogen (secondary N) is 1. The fourth-order valence-electron chi connectivity index (χ4n) is 2.13. The van der Waals surface area contributed by atoms with Gasteiger partial charge >= 0.3 is 0 Å². The molecular weight excluding hydrogens is 218 g/mol. The van der Waals surface area contributed by atoms with Gasteiger partial charge in [0.1, 0.15) is 0 Å². The van der Waals surface area contributed by atoms with Crippen LogP contribution >= 0.6 is 0 Å². The lowest BCUT2D eigenvalue weighted by Crippen LogP contribution is -1.88. The van der Waals surface area contributed by atoms with Crippen molar-refractivity contribution < 1.29 is 0 Å². The maximum atomic E-state index is 7.41. The minimum Gasteiger partial charge on any atom is -0.308 e. The predicted molar refractivity (Wildman–Crippen MR) is 78.5 cm³/mol. The van der Waals surface area contributed by atoms with E-state index in [0.717, 1.165) is 17.5 Å². The van der Waals surface area contributed by atoms with E-state index in [2.05, 4.69) is 49.4 Å². The highest BCUT2D eigenvalue weighted by Crippen LogP contribution is 2.22. The molecule has 0 aliphatic rings. The van der Waals surface area contributed by atoms with Crippen molar-refractivity contribution in [3.8, 4) is 11.1 Å². The third kappa shape index (κ3) is 2.67. The largest absolute Gasteiger partial charge is 0.308 e. The van der Waals surface area contributed by atoms with E-state index in [1.165, 1.54) is 29.3 Å². The molecule has 2 aromatic rings. The first-order chi connectivity index (χ1) is 8.74. The molecule has 2 aromatic carbocycles. The Morgan fingerprint density at radius 1 is 1.00 bits per heavy atom. The summed E-state index contributed by atoms with van der Waals surface area (Å²) in [5.41, 5.74) is 5.93. The van der Waals surface area contributed by atoms with Crippen LogP contribution in [0.3, 0.4) is 0 Å². The molecule has 0 radical (unpaired) electrons. The first kappa shape index (κ1) is 12.6. The maximum Gasteiger partial charge on any atom is 0.0253 e. The first-order valence-corrected chi connectivity index (χ1v) is 6.45. The SMILES string of the molecule is CCCc1ccc(-c2ccc(C)c(C=N)c2)cc1. The Labute approximate surface area is 109 Å². The molecular formula is C17H19N. The van der Waals surface area contributed by atoms with E-state index in [1.807, 2.05) is 6.92 Å². The molecule has 92 valence electrons. The van der Waals surface area contributed by atoms with Crippen LogP contribution in [0.1, 0.15) is 30.0 Å². The molecule has 1 heteroatoms. The Morgan fingerprint density at radius 3 is 2.28 bits per heavy atom. The van der Waals surface area contributed by atoms with Crippen LogP contribution in [0.25, 0.3) is 11.1 Å². The molecule has 0 aromatic heterocycles. The zero-order valence-corrected chi connectivity index (χ0v) is 11.0. The van der Waals surface area contributed by atoms with Crippen LogP contribution in [0, 0.1) is 12.3 Å². The van der Waals surface area contributed by atoms with E-state index >= 15 is 0 Å². The number of hydrogen-bond acceptors (Lipinski definition) is 1. The van der Waals surface area contributed by atoms with Gasteiger partial charge in [-0.2, -0.15) is 0 Å². The van der Waals surface area contributed by atoms with Gasteiger partial charge < -0.3 is 5.41 Å². The zero-order chi connectivity index (χ0) is 13.0. The minimum atomic E-state index is 0.991. The Hall–Kier alpha value is -1.89. The second-order valence-corrected chi connectivity index (χ2v) is 4.66. The van der Waals surface area contributed by atoms with Gasteiger partial charge in [0, 0.05) is 6.21 Å². The molecule has 0 spiro atoms. The van der Waals surface area contributed by atoms with Gasteiger partial charge in [-0.25, -0.2) is 0 Å². The maximum absolute atomic E-state index is 7.41. The molecule has 0 saturated carbocycles. The van der Waals surface area contributed by atoms with Crippen molar-refractivity contribution in [2.45, 2.75) is 26.7 Å². The normalized spacial score (nSPS) is 10.3. The van der Waals surface area contributed by atoms with Gasteiger partial charge in [-0.15, -0.1) is 0 Å². The van der Waals surface area contributed by atoms with Gasteiger partial charge in [0.15, 0.2) is 0 Å². The molecule has 0 fully saturated rings. The lowest BCUT2D eigenvalue weighted by atomic mass is 9.98. The molecule has 0 aliphatic carbocycles. The number of benzene rings is 2. The zero-order valence-electron chi connectivity index (χ0n) is 11.0. The molecule has 0 saturated heterocycles. The second kappa shape index (κ2) is 5.63. The summed E-state index contributed by atoms with van der Waals surface area (Å²) in [4.78, 5) is 0. The van der Waals surface area contributed by atoms with E-state index < -0.39 is 0 Å². The molecule has 1 nitrogen and oxygen atoms in total. The van der Waals surface area contributed by atoms with Crippen molar-refractivity contribution >= 4 is 6.21 Å². The van der Waals surface area contributed by atoms with Crippen molar-refractivity contribution in [2.24, 2.45) is 0 Å². The number of rotatable bonds is 4. The summed E-state index contributed by atoms with van der Waals surface area (Å²) in [6, 6.07) is 15.0. The fourth-order valence-corrected chi connectivity index (χ4v) is 2.13. The third-order valence-electron chi connectivity index (χ3n) is 3.26. The van der Waals surface area contributed by atoms with Crippen LogP contribution in [-0.4, -0.2) is 6.21 Å². The van der Waals surface area contributed by atoms with Gasteiger partial charge in [-0.3, -0.25) is 0 Å². The van der Waals surface area contributed by atoms with Gasteiger partial charge in [0.05, 0.1) is 0 Å². The van der Waals surface area contributed by atoms with Gasteiger partial charge in [-0.1, -0.05) is 49.7 Å². The highest BCUT2D eigenvalue weighted by Gasteiger charge is 2.01. The monoisotopic (exact) mass is 237 g/mol. The molecule has 2 rings (SSSR count). The summed E-state index contributed by atoms with van der Waals surface area (Å²) < 4.78 is 0. The number of hydrogen-bond donors (Lipinski definition) is 1. The van der Waals surface area contributed by atoms with Gasteiger partial charge in [-0.05, 0) is 47.2 Å². The lowest BCUT2D eigenvalue weighted by Gasteiger charge is -2.06. The lowest BCUT2D eigenvalue weighted by molar-refractivity contribution is 0.922. The van der Waals surface area contributed by atoms with E-state index in [1.54, 1.807) is 0 Å². The van der Waals surface area contributed by atoms with E-state index in [4.69, 9.17) is 5.41 Å². The highest BCUT2D eigenvalue weighted by atomic mass is 14.3. The summed E-state index contributed by atoms with van der Waals surface area (Å²) in [6.45, 7) is 4.23. The predicted octanol–water partition coefficient (Wildman–Crippen LogP) is 4.61. The molecule has 0 aliphatic heterocycles. The van der Waals surface area contributed by atoms with Crippen LogP contribution in [0.15, 0.2) is 42.5 Å². The molecule has 1 N–H and O–H groups in total. The van der Waals surface area contributed by atoms with Crippen LogP contribution < -0.4 is 0 Å². The van der Waals surface area contributed by atoms with Crippen molar-refractivity contribution in [3.05, 3.63) is 59.2 Å². The molecule has 0 heterocycles. The van der Waals surface area contributed by atoms with Gasteiger partial charge in [0.25, 0.3) is 0 Å². The van der Waals surface area contributed by atoms with Crippen molar-refractivity contribution in [1.82, 2.24) is 0 Å². The van der Waals surface area contributed by atoms with Crippen LogP contribution in [0.5, 0.6) is 0 Å². The molecule has 0 amide bonds. The van der Waals surface area contributed by atoms with Crippen LogP contribution in [0.2, 0.25) is 0 Å². The van der Waals surface area contributed by atoms with E-state index in [0.29, 0.717) is 0 Å². The summed E-state index contributed by atoms with van der Waals surface area (Å²) in [6.07, 6.45) is 3.74. The third-order valence-corrected chi connectivity index (χ3v) is 3.26. The molecule has 0 atom stereocenters. The van der Waals surface area contributed by atoms with E-state index in [9.17, 15) is 0 Å². The summed E-state index contributed by atoms with van der Waals surface area (Å²) in [5.74, 6) is 0. The molecule has 0 bridgehead atoms. The smallest absolute Gasteiger partial charge is 0.0253 e. The van der Waals surface area contributed by atoms with E-state index in [-0.39, 0.29) is 0 Å². The average molecular weight is 237 g/mol. The fraction of sp³-hybridized carbons (Fsp3) is 0.235. The Balaban J connectivity index is 2.33. The quantitative estimate of drug-likeness (QED) is 0.751. The van der Waals surface area contributed by atoms with Crippen molar-refractivity contribution in [2.75, 3.05) is 0 Å². The highest BCUT2D eigenvalue weighted by molar-refractivity contribution is 5.82.